The van der Waals surface area contributed by atoms with Crippen LogP contribution in [0.5, 0.6) is 11.8 Å². The molecule has 11 heteroatoms. The van der Waals surface area contributed by atoms with E-state index in [-0.39, 0.29) is 18.1 Å². The van der Waals surface area contributed by atoms with Crippen LogP contribution >= 0.6 is 11.6 Å². The van der Waals surface area contributed by atoms with E-state index in [0.717, 1.165) is 35.7 Å². The molecule has 2 aromatic carbocycles. The Bertz CT molecular complexity index is 1520. The molecule has 0 bridgehead atoms. The van der Waals surface area contributed by atoms with Gasteiger partial charge in [0.25, 0.3) is 5.91 Å². The van der Waals surface area contributed by atoms with Gasteiger partial charge in [-0.1, -0.05) is 48.5 Å². The lowest BCUT2D eigenvalue weighted by Crippen LogP contribution is -2.54. The summed E-state index contributed by atoms with van der Waals surface area (Å²) in [6.07, 6.45) is 2.20. The molecule has 2 saturated heterocycles. The number of rotatable bonds is 6. The molecule has 0 aliphatic carbocycles. The molecule has 2 unspecified atom stereocenters. The molecule has 0 spiro atoms. The standard InChI is InChI=1S/C31H36ClFN6O3/c1-19-16-38(30(40)20(2)33)14-15-39(19)29-27-28(34-31(35-29)42-17-22-10-7-13-36(22)3)37(4)25(18-41-27)23-11-5-8-21-9-6-12-24(32)26(21)23/h5-6,8-9,11-12,19,22,25H,2,7,10,13-18H2,1,3-4H3/t19-,22?,25?/m0/s1. The quantitative estimate of drug-likeness (QED) is 0.375. The van der Waals surface area contributed by atoms with Crippen molar-refractivity contribution in [2.75, 3.05) is 63.3 Å². The second-order valence-electron chi connectivity index (χ2n) is 11.4. The summed E-state index contributed by atoms with van der Waals surface area (Å²) in [5.74, 6) is 0.162. The third-order valence-corrected chi connectivity index (χ3v) is 9.05. The van der Waals surface area contributed by atoms with Gasteiger partial charge >= 0.3 is 6.01 Å². The van der Waals surface area contributed by atoms with E-state index in [4.69, 9.17) is 31.0 Å². The average molecular weight is 595 g/mol. The highest BCUT2D eigenvalue weighted by molar-refractivity contribution is 6.35. The van der Waals surface area contributed by atoms with Gasteiger partial charge < -0.3 is 29.1 Å². The van der Waals surface area contributed by atoms with E-state index in [9.17, 15) is 9.18 Å². The molecule has 9 nitrogen and oxygen atoms in total. The summed E-state index contributed by atoms with van der Waals surface area (Å²) in [4.78, 5) is 30.0. The fraction of sp³-hybridized carbons (Fsp3) is 0.452. The molecule has 3 aromatic rings. The molecule has 1 aromatic heterocycles. The third-order valence-electron chi connectivity index (χ3n) is 8.74. The molecule has 3 aliphatic heterocycles. The first kappa shape index (κ1) is 28.5. The minimum atomic E-state index is -0.952. The summed E-state index contributed by atoms with van der Waals surface area (Å²) < 4.78 is 26.3. The fourth-order valence-corrected chi connectivity index (χ4v) is 6.64. The van der Waals surface area contributed by atoms with Crippen molar-refractivity contribution in [3.05, 3.63) is 59.4 Å². The van der Waals surface area contributed by atoms with Crippen molar-refractivity contribution in [1.29, 1.82) is 0 Å². The van der Waals surface area contributed by atoms with E-state index in [1.165, 1.54) is 4.90 Å². The van der Waals surface area contributed by atoms with Gasteiger partial charge in [0, 0.05) is 49.2 Å². The predicted octanol–water partition coefficient (Wildman–Crippen LogP) is 4.85. The van der Waals surface area contributed by atoms with E-state index >= 15 is 0 Å². The third kappa shape index (κ3) is 5.22. The number of anilines is 2. The highest BCUT2D eigenvalue weighted by Crippen LogP contribution is 2.45. The average Bonchev–Trinajstić information content (AvgIpc) is 3.40. The second-order valence-corrected chi connectivity index (χ2v) is 11.8. The van der Waals surface area contributed by atoms with Gasteiger partial charge in [0.2, 0.25) is 5.75 Å². The van der Waals surface area contributed by atoms with Crippen molar-refractivity contribution < 1.29 is 18.7 Å². The smallest absolute Gasteiger partial charge is 0.320 e. The van der Waals surface area contributed by atoms with E-state index in [0.29, 0.717) is 61.3 Å². The van der Waals surface area contributed by atoms with Gasteiger partial charge in [-0.3, -0.25) is 4.79 Å². The lowest BCUT2D eigenvalue weighted by Gasteiger charge is -2.42. The van der Waals surface area contributed by atoms with Crippen LogP contribution in [-0.2, 0) is 4.79 Å². The van der Waals surface area contributed by atoms with Crippen molar-refractivity contribution in [3.8, 4) is 11.8 Å². The van der Waals surface area contributed by atoms with Crippen molar-refractivity contribution in [1.82, 2.24) is 19.8 Å². The maximum absolute atomic E-state index is 13.6. The van der Waals surface area contributed by atoms with Crippen LogP contribution < -0.4 is 19.3 Å². The molecule has 2 fully saturated rings. The summed E-state index contributed by atoms with van der Waals surface area (Å²) in [6, 6.07) is 12.3. The minimum absolute atomic E-state index is 0.153. The molecule has 222 valence electrons. The number of carbonyl (C=O) groups is 1. The zero-order chi connectivity index (χ0) is 29.5. The Morgan fingerprint density at radius 1 is 1.14 bits per heavy atom. The van der Waals surface area contributed by atoms with Gasteiger partial charge in [-0.15, -0.1) is 0 Å². The number of halogens is 2. The van der Waals surface area contributed by atoms with Gasteiger partial charge in [0.1, 0.15) is 13.2 Å². The first-order valence-corrected chi connectivity index (χ1v) is 14.8. The minimum Gasteiger partial charge on any atom is -0.484 e. The number of hydrogen-bond acceptors (Lipinski definition) is 8. The Balaban J connectivity index is 1.36. The van der Waals surface area contributed by atoms with Crippen molar-refractivity contribution in [3.63, 3.8) is 0 Å². The molecule has 1 amide bonds. The molecule has 4 heterocycles. The van der Waals surface area contributed by atoms with Crippen LogP contribution in [0.15, 0.2) is 48.8 Å². The lowest BCUT2D eigenvalue weighted by atomic mass is 9.97. The maximum Gasteiger partial charge on any atom is 0.320 e. The molecular weight excluding hydrogens is 559 g/mol. The van der Waals surface area contributed by atoms with E-state index < -0.39 is 11.7 Å². The Hall–Kier alpha value is -3.63. The van der Waals surface area contributed by atoms with E-state index in [1.54, 1.807) is 0 Å². The van der Waals surface area contributed by atoms with E-state index in [1.807, 2.05) is 32.2 Å². The topological polar surface area (TPSA) is 74.3 Å². The van der Waals surface area contributed by atoms with Crippen LogP contribution in [0.2, 0.25) is 5.02 Å². The highest BCUT2D eigenvalue weighted by Gasteiger charge is 2.37. The maximum atomic E-state index is 13.6. The normalized spacial score (nSPS) is 22.7. The Morgan fingerprint density at radius 3 is 2.62 bits per heavy atom. The van der Waals surface area contributed by atoms with Crippen LogP contribution in [0.25, 0.3) is 10.8 Å². The Labute approximate surface area is 250 Å². The number of aromatic nitrogens is 2. The summed E-state index contributed by atoms with van der Waals surface area (Å²) in [5.41, 5.74) is 1.05. The van der Waals surface area contributed by atoms with Crippen LogP contribution in [0, 0.1) is 0 Å². The fourth-order valence-electron chi connectivity index (χ4n) is 6.34. The number of ether oxygens (including phenoxy) is 2. The molecule has 42 heavy (non-hydrogen) atoms. The number of carbonyl (C=O) groups excluding carboxylic acids is 1. The largest absolute Gasteiger partial charge is 0.484 e. The molecule has 3 aliphatic rings. The molecule has 0 N–H and O–H groups in total. The monoisotopic (exact) mass is 594 g/mol. The number of amides is 1. The highest BCUT2D eigenvalue weighted by atomic mass is 35.5. The first-order valence-electron chi connectivity index (χ1n) is 14.4. The number of nitrogens with zero attached hydrogens (tertiary/aromatic N) is 6. The summed E-state index contributed by atoms with van der Waals surface area (Å²) in [5, 5.41) is 2.74. The molecule has 0 radical (unpaired) electrons. The Morgan fingerprint density at radius 2 is 1.90 bits per heavy atom. The number of hydrogen-bond donors (Lipinski definition) is 0. The Kier molecular flexibility index (Phi) is 7.85. The molecule has 3 atom stereocenters. The SMILES string of the molecule is C=C(F)C(=O)N1CCN(c2nc(OCC3CCCN3C)nc3c2OCC(c2cccc4cccc(Cl)c24)N3C)[C@@H](C)C1. The molecular formula is C31H36ClFN6O3. The lowest BCUT2D eigenvalue weighted by molar-refractivity contribution is -0.129. The molecule has 0 saturated carbocycles. The van der Waals surface area contributed by atoms with Crippen molar-refractivity contribution >= 4 is 39.9 Å². The first-order chi connectivity index (χ1) is 20.2. The van der Waals surface area contributed by atoms with Crippen molar-refractivity contribution in [2.45, 2.75) is 37.9 Å². The zero-order valence-corrected chi connectivity index (χ0v) is 25.0. The molecule has 6 rings (SSSR count). The number of likely N-dealkylation sites (tertiary alicyclic amines) is 1. The van der Waals surface area contributed by atoms with Crippen LogP contribution in [0.1, 0.15) is 31.4 Å². The zero-order valence-electron chi connectivity index (χ0n) is 24.2. The predicted molar refractivity (Wildman–Crippen MR) is 162 cm³/mol. The second kappa shape index (κ2) is 11.6. The van der Waals surface area contributed by atoms with Gasteiger partial charge in [-0.2, -0.15) is 9.97 Å². The number of piperazine rings is 1. The van der Waals surface area contributed by atoms with Gasteiger partial charge in [-0.25, -0.2) is 4.39 Å². The van der Waals surface area contributed by atoms with Crippen LogP contribution in [-0.4, -0.2) is 91.2 Å². The van der Waals surface area contributed by atoms with Gasteiger partial charge in [0.15, 0.2) is 17.5 Å². The number of benzene rings is 2. The summed E-state index contributed by atoms with van der Waals surface area (Å²) in [6.45, 7) is 8.17. The number of fused-ring (bicyclic) bond motifs is 2. The summed E-state index contributed by atoms with van der Waals surface area (Å²) >= 11 is 6.69. The van der Waals surface area contributed by atoms with Crippen molar-refractivity contribution in [2.24, 2.45) is 0 Å². The van der Waals surface area contributed by atoms with Gasteiger partial charge in [-0.05, 0) is 50.4 Å². The number of likely N-dealkylation sites (N-methyl/N-ethyl adjacent to an activating group) is 2. The van der Waals surface area contributed by atoms with Gasteiger partial charge in [0.05, 0.1) is 6.04 Å². The van der Waals surface area contributed by atoms with Crippen LogP contribution in [0.4, 0.5) is 16.0 Å². The summed E-state index contributed by atoms with van der Waals surface area (Å²) in [7, 11) is 4.11. The van der Waals surface area contributed by atoms with E-state index in [2.05, 4.69) is 46.5 Å². The van der Waals surface area contributed by atoms with Crippen LogP contribution in [0.3, 0.4) is 0 Å².